The number of hydrogen-bond acceptors (Lipinski definition) is 4. The maximum atomic E-state index is 12.9. The molecule has 0 fully saturated rings. The minimum absolute atomic E-state index is 0.0535. The zero-order chi connectivity index (χ0) is 15.3. The Bertz CT molecular complexity index is 934. The fourth-order valence-electron chi connectivity index (χ4n) is 3.01. The standard InChI is InChI=1S/C18H13NO2S/c1-21-10-7-8-11-13(9-10)17(20)15-12-5-3-4-6-14(12)19-18(22-2)16(11)15/h3-9H,1-2H3. The van der Waals surface area contributed by atoms with Gasteiger partial charge in [-0.15, -0.1) is 11.8 Å². The average Bonchev–Trinajstić information content (AvgIpc) is 2.87. The number of methoxy groups -OCH3 is 1. The number of para-hydroxylation sites is 1. The maximum absolute atomic E-state index is 12.9. The van der Waals surface area contributed by atoms with E-state index in [9.17, 15) is 4.79 Å². The first-order valence-electron chi connectivity index (χ1n) is 6.94. The predicted octanol–water partition coefficient (Wildman–Crippen LogP) is 4.18. The normalized spacial score (nSPS) is 12.4. The molecule has 0 N–H and O–H groups in total. The molecule has 0 amide bonds. The molecule has 3 aromatic rings. The molecule has 2 aromatic carbocycles. The minimum atomic E-state index is 0.0535. The lowest BCUT2D eigenvalue weighted by Gasteiger charge is -2.09. The molecule has 1 aliphatic carbocycles. The first-order chi connectivity index (χ1) is 10.7. The molecule has 0 saturated carbocycles. The number of fused-ring (bicyclic) bond motifs is 5. The molecule has 22 heavy (non-hydrogen) atoms. The summed E-state index contributed by atoms with van der Waals surface area (Å²) in [6.07, 6.45) is 1.99. The van der Waals surface area contributed by atoms with E-state index in [-0.39, 0.29) is 5.78 Å². The van der Waals surface area contributed by atoms with E-state index in [1.807, 2.05) is 48.7 Å². The van der Waals surface area contributed by atoms with E-state index < -0.39 is 0 Å². The number of pyridine rings is 1. The summed E-state index contributed by atoms with van der Waals surface area (Å²) < 4.78 is 5.26. The maximum Gasteiger partial charge on any atom is 0.195 e. The molecule has 4 rings (SSSR count). The summed E-state index contributed by atoms with van der Waals surface area (Å²) in [7, 11) is 1.61. The van der Waals surface area contributed by atoms with Crippen molar-refractivity contribution in [2.75, 3.05) is 13.4 Å². The van der Waals surface area contributed by atoms with Crippen LogP contribution in [0.15, 0.2) is 47.5 Å². The first-order valence-corrected chi connectivity index (χ1v) is 8.17. The Morgan fingerprint density at radius 3 is 2.64 bits per heavy atom. The zero-order valence-electron chi connectivity index (χ0n) is 12.2. The average molecular weight is 307 g/mol. The number of thioether (sulfide) groups is 1. The van der Waals surface area contributed by atoms with Crippen molar-refractivity contribution in [1.29, 1.82) is 0 Å². The Balaban J connectivity index is 2.12. The molecule has 108 valence electrons. The highest BCUT2D eigenvalue weighted by Gasteiger charge is 2.32. The number of hydrogen-bond donors (Lipinski definition) is 0. The van der Waals surface area contributed by atoms with Gasteiger partial charge in [-0.1, -0.05) is 18.2 Å². The van der Waals surface area contributed by atoms with Crippen molar-refractivity contribution in [2.45, 2.75) is 5.03 Å². The van der Waals surface area contributed by atoms with Gasteiger partial charge in [0, 0.05) is 22.1 Å². The number of benzene rings is 2. The summed E-state index contributed by atoms with van der Waals surface area (Å²) in [6.45, 7) is 0. The molecule has 4 heteroatoms. The number of ketones is 1. The Morgan fingerprint density at radius 2 is 1.86 bits per heavy atom. The molecule has 0 radical (unpaired) electrons. The van der Waals surface area contributed by atoms with Crippen LogP contribution in [0.2, 0.25) is 0 Å². The second-order valence-corrected chi connectivity index (χ2v) is 5.92. The Hall–Kier alpha value is -2.33. The predicted molar refractivity (Wildman–Crippen MR) is 88.9 cm³/mol. The third-order valence-corrected chi connectivity index (χ3v) is 4.70. The van der Waals surface area contributed by atoms with Crippen LogP contribution in [0, 0.1) is 0 Å². The van der Waals surface area contributed by atoms with Gasteiger partial charge in [-0.3, -0.25) is 4.79 Å². The van der Waals surface area contributed by atoms with Crippen LogP contribution in [0.4, 0.5) is 0 Å². The van der Waals surface area contributed by atoms with Crippen LogP contribution in [0.1, 0.15) is 15.9 Å². The third kappa shape index (κ3) is 1.70. The lowest BCUT2D eigenvalue weighted by atomic mass is 10.0. The van der Waals surface area contributed by atoms with Crippen LogP contribution >= 0.6 is 11.8 Å². The summed E-state index contributed by atoms with van der Waals surface area (Å²) in [4.78, 5) is 17.7. The molecule has 0 bridgehead atoms. The summed E-state index contributed by atoms with van der Waals surface area (Å²) in [5.74, 6) is 0.751. The molecule has 0 atom stereocenters. The van der Waals surface area contributed by atoms with Gasteiger partial charge in [0.1, 0.15) is 10.8 Å². The van der Waals surface area contributed by atoms with E-state index >= 15 is 0 Å². The van der Waals surface area contributed by atoms with E-state index in [0.717, 1.165) is 32.6 Å². The number of carbonyl (C=O) groups excluding carboxylic acids is 1. The van der Waals surface area contributed by atoms with Crippen LogP contribution < -0.4 is 4.74 Å². The third-order valence-electron chi connectivity index (χ3n) is 4.02. The Morgan fingerprint density at radius 1 is 1.05 bits per heavy atom. The van der Waals surface area contributed by atoms with Gasteiger partial charge in [0.25, 0.3) is 0 Å². The van der Waals surface area contributed by atoms with E-state index in [0.29, 0.717) is 11.3 Å². The lowest BCUT2D eigenvalue weighted by Crippen LogP contribution is -1.98. The molecular weight excluding hydrogens is 294 g/mol. The highest BCUT2D eigenvalue weighted by Crippen LogP contribution is 2.45. The lowest BCUT2D eigenvalue weighted by molar-refractivity contribution is 0.104. The van der Waals surface area contributed by atoms with Gasteiger partial charge in [-0.2, -0.15) is 0 Å². The first kappa shape index (κ1) is 13.3. The van der Waals surface area contributed by atoms with Crippen molar-refractivity contribution in [3.05, 3.63) is 53.6 Å². The number of ether oxygens (including phenoxy) is 1. The summed E-state index contributed by atoms with van der Waals surface area (Å²) in [5.41, 5.74) is 4.22. The number of nitrogens with zero attached hydrogens (tertiary/aromatic N) is 1. The van der Waals surface area contributed by atoms with Gasteiger partial charge in [0.15, 0.2) is 5.78 Å². The molecule has 1 heterocycles. The van der Waals surface area contributed by atoms with E-state index in [1.54, 1.807) is 18.9 Å². The monoisotopic (exact) mass is 307 g/mol. The van der Waals surface area contributed by atoms with Crippen LogP contribution in [0.5, 0.6) is 5.75 Å². The Kier molecular flexibility index (Phi) is 2.94. The highest BCUT2D eigenvalue weighted by atomic mass is 32.2. The molecule has 3 nitrogen and oxygen atoms in total. The second-order valence-electron chi connectivity index (χ2n) is 5.13. The molecule has 1 aromatic heterocycles. The van der Waals surface area contributed by atoms with E-state index in [4.69, 9.17) is 9.72 Å². The topological polar surface area (TPSA) is 39.2 Å². The SMILES string of the molecule is COc1ccc2c(c1)C(=O)c1c-2c(SC)nc2ccccc12. The minimum Gasteiger partial charge on any atom is -0.497 e. The summed E-state index contributed by atoms with van der Waals surface area (Å²) in [6, 6.07) is 13.5. The van der Waals surface area contributed by atoms with E-state index in [1.165, 1.54) is 0 Å². The smallest absolute Gasteiger partial charge is 0.195 e. The highest BCUT2D eigenvalue weighted by molar-refractivity contribution is 7.98. The van der Waals surface area contributed by atoms with Crippen molar-refractivity contribution < 1.29 is 9.53 Å². The van der Waals surface area contributed by atoms with Crippen molar-refractivity contribution >= 4 is 28.4 Å². The Labute approximate surface area is 132 Å². The van der Waals surface area contributed by atoms with Gasteiger partial charge < -0.3 is 4.74 Å². The van der Waals surface area contributed by atoms with Crippen molar-refractivity contribution in [3.63, 3.8) is 0 Å². The number of rotatable bonds is 2. The van der Waals surface area contributed by atoms with Crippen LogP contribution in [0.3, 0.4) is 0 Å². The fraction of sp³-hybridized carbons (Fsp3) is 0.111. The molecular formula is C18H13NO2S. The second kappa shape index (κ2) is 4.85. The molecule has 0 unspecified atom stereocenters. The summed E-state index contributed by atoms with van der Waals surface area (Å²) >= 11 is 1.57. The van der Waals surface area contributed by atoms with Gasteiger partial charge in [0.05, 0.1) is 12.6 Å². The molecule has 0 saturated heterocycles. The number of aromatic nitrogens is 1. The van der Waals surface area contributed by atoms with Crippen LogP contribution in [-0.2, 0) is 0 Å². The van der Waals surface area contributed by atoms with Crippen LogP contribution in [0.25, 0.3) is 22.0 Å². The van der Waals surface area contributed by atoms with E-state index in [2.05, 4.69) is 0 Å². The van der Waals surface area contributed by atoms with Gasteiger partial charge in [-0.05, 0) is 36.1 Å². The largest absolute Gasteiger partial charge is 0.497 e. The molecule has 0 spiro atoms. The van der Waals surface area contributed by atoms with Gasteiger partial charge >= 0.3 is 0 Å². The number of carbonyl (C=O) groups is 1. The fourth-order valence-corrected chi connectivity index (χ4v) is 3.62. The molecule has 1 aliphatic rings. The van der Waals surface area contributed by atoms with Gasteiger partial charge in [0.2, 0.25) is 0 Å². The van der Waals surface area contributed by atoms with Crippen LogP contribution in [-0.4, -0.2) is 24.1 Å². The quantitative estimate of drug-likeness (QED) is 0.521. The van der Waals surface area contributed by atoms with Gasteiger partial charge in [-0.25, -0.2) is 4.98 Å². The summed E-state index contributed by atoms with van der Waals surface area (Å²) in [5, 5.41) is 1.81. The van der Waals surface area contributed by atoms with Crippen molar-refractivity contribution in [2.24, 2.45) is 0 Å². The van der Waals surface area contributed by atoms with Crippen molar-refractivity contribution in [1.82, 2.24) is 4.98 Å². The van der Waals surface area contributed by atoms with Crippen molar-refractivity contribution in [3.8, 4) is 16.9 Å². The zero-order valence-corrected chi connectivity index (χ0v) is 13.0. The molecule has 0 aliphatic heterocycles.